The number of hydrogen-bond acceptors (Lipinski definition) is 3. The molecule has 24 heavy (non-hydrogen) atoms. The number of rotatable bonds is 6. The third-order valence-corrected chi connectivity index (χ3v) is 4.13. The van der Waals surface area contributed by atoms with Crippen LogP contribution in [0.4, 0.5) is 5.69 Å². The van der Waals surface area contributed by atoms with Gasteiger partial charge in [-0.05, 0) is 42.3 Å². The van der Waals surface area contributed by atoms with Crippen LogP contribution in [0.3, 0.4) is 0 Å². The third kappa shape index (κ3) is 3.35. The van der Waals surface area contributed by atoms with Gasteiger partial charge in [0.2, 0.25) is 6.41 Å². The predicted octanol–water partition coefficient (Wildman–Crippen LogP) is 2.21. The van der Waals surface area contributed by atoms with Crippen molar-refractivity contribution >= 4 is 23.8 Å². The van der Waals surface area contributed by atoms with Crippen molar-refractivity contribution in [1.29, 1.82) is 0 Å². The van der Waals surface area contributed by atoms with Crippen LogP contribution < -0.4 is 10.2 Å². The zero-order chi connectivity index (χ0) is 16.9. The maximum atomic E-state index is 12.3. The summed E-state index contributed by atoms with van der Waals surface area (Å²) in [6, 6.07) is 14.3. The van der Waals surface area contributed by atoms with Crippen molar-refractivity contribution in [2.75, 3.05) is 18.0 Å². The van der Waals surface area contributed by atoms with Gasteiger partial charge in [0.25, 0.3) is 5.91 Å². The summed E-state index contributed by atoms with van der Waals surface area (Å²) >= 11 is 0. The lowest BCUT2D eigenvalue weighted by Crippen LogP contribution is -2.26. The molecule has 0 atom stereocenters. The molecule has 122 valence electrons. The number of fused-ring (bicyclic) bond motifs is 1. The topological polar surface area (TPSA) is 66.5 Å². The van der Waals surface area contributed by atoms with Crippen LogP contribution in [0, 0.1) is 0 Å². The highest BCUT2D eigenvalue weighted by molar-refractivity contribution is 5.98. The maximum Gasteiger partial charge on any atom is 0.251 e. The molecule has 2 aromatic carbocycles. The number of carbonyl (C=O) groups excluding carboxylic acids is 3. The summed E-state index contributed by atoms with van der Waals surface area (Å²) in [6.07, 6.45) is 1.82. The minimum Gasteiger partial charge on any atom is -0.352 e. The van der Waals surface area contributed by atoms with Gasteiger partial charge in [0.15, 0.2) is 5.78 Å². The van der Waals surface area contributed by atoms with Crippen LogP contribution >= 0.6 is 0 Å². The van der Waals surface area contributed by atoms with Gasteiger partial charge in [0.05, 0.1) is 0 Å². The van der Waals surface area contributed by atoms with E-state index in [1.54, 1.807) is 35.2 Å². The molecule has 0 spiro atoms. The minimum atomic E-state index is -0.182. The van der Waals surface area contributed by atoms with Crippen molar-refractivity contribution in [3.63, 3.8) is 0 Å². The molecule has 0 aromatic heterocycles. The first-order valence-corrected chi connectivity index (χ1v) is 7.90. The highest BCUT2D eigenvalue weighted by Gasteiger charge is 2.19. The zero-order valence-electron chi connectivity index (χ0n) is 13.2. The lowest BCUT2D eigenvalue weighted by molar-refractivity contribution is -0.107. The molecule has 1 heterocycles. The summed E-state index contributed by atoms with van der Waals surface area (Å²) in [5.41, 5.74) is 3.09. The Morgan fingerprint density at radius 2 is 1.88 bits per heavy atom. The smallest absolute Gasteiger partial charge is 0.251 e. The van der Waals surface area contributed by atoms with Gasteiger partial charge < -0.3 is 10.2 Å². The van der Waals surface area contributed by atoms with Gasteiger partial charge in [0, 0.05) is 36.3 Å². The van der Waals surface area contributed by atoms with E-state index < -0.39 is 0 Å². The fourth-order valence-electron chi connectivity index (χ4n) is 2.84. The Hall–Kier alpha value is -2.95. The van der Waals surface area contributed by atoms with Gasteiger partial charge in [-0.15, -0.1) is 0 Å². The van der Waals surface area contributed by atoms with E-state index in [0.717, 1.165) is 24.1 Å². The molecular weight excluding hydrogens is 304 g/mol. The Labute approximate surface area is 140 Å². The Balaban J connectivity index is 1.56. The molecule has 5 heteroatoms. The highest BCUT2D eigenvalue weighted by atomic mass is 16.2. The van der Waals surface area contributed by atoms with Crippen LogP contribution in [0.15, 0.2) is 48.5 Å². The van der Waals surface area contributed by atoms with Crippen LogP contribution in [-0.4, -0.2) is 31.2 Å². The number of anilines is 1. The highest BCUT2D eigenvalue weighted by Crippen LogP contribution is 2.27. The van der Waals surface area contributed by atoms with E-state index in [4.69, 9.17) is 0 Å². The second kappa shape index (κ2) is 7.08. The van der Waals surface area contributed by atoms with Crippen molar-refractivity contribution in [3.8, 4) is 0 Å². The van der Waals surface area contributed by atoms with Crippen LogP contribution in [0.25, 0.3) is 0 Å². The average Bonchev–Trinajstić information content (AvgIpc) is 3.04. The molecule has 0 aliphatic carbocycles. The fraction of sp³-hybridized carbons (Fsp3) is 0.211. The molecule has 0 saturated heterocycles. The molecule has 1 aliphatic heterocycles. The quantitative estimate of drug-likeness (QED) is 0.655. The van der Waals surface area contributed by atoms with Gasteiger partial charge in [-0.3, -0.25) is 14.4 Å². The summed E-state index contributed by atoms with van der Waals surface area (Å²) in [4.78, 5) is 36.8. The first-order chi connectivity index (χ1) is 11.7. The zero-order valence-corrected chi connectivity index (χ0v) is 13.2. The number of amides is 2. The normalized spacial score (nSPS) is 12.6. The van der Waals surface area contributed by atoms with Gasteiger partial charge in [-0.1, -0.05) is 18.2 Å². The van der Waals surface area contributed by atoms with Gasteiger partial charge in [-0.25, -0.2) is 0 Å². The summed E-state index contributed by atoms with van der Waals surface area (Å²) in [6.45, 7) is 0.952. The van der Waals surface area contributed by atoms with Gasteiger partial charge in [0.1, 0.15) is 0 Å². The number of hydrogen-bond donors (Lipinski definition) is 1. The molecule has 0 fully saturated rings. The second-order valence-electron chi connectivity index (χ2n) is 5.69. The number of nitrogens with one attached hydrogen (secondary N) is 1. The molecule has 2 aromatic rings. The molecule has 3 rings (SSSR count). The predicted molar refractivity (Wildman–Crippen MR) is 91.3 cm³/mol. The van der Waals surface area contributed by atoms with Crippen LogP contribution in [0.1, 0.15) is 32.7 Å². The molecule has 0 bridgehead atoms. The van der Waals surface area contributed by atoms with Gasteiger partial charge >= 0.3 is 0 Å². The first kappa shape index (κ1) is 15.9. The minimum absolute atomic E-state index is 0.0179. The van der Waals surface area contributed by atoms with E-state index in [0.29, 0.717) is 24.2 Å². The van der Waals surface area contributed by atoms with Crippen molar-refractivity contribution in [2.45, 2.75) is 12.8 Å². The summed E-state index contributed by atoms with van der Waals surface area (Å²) < 4.78 is 0. The van der Waals surface area contributed by atoms with E-state index in [-0.39, 0.29) is 18.1 Å². The first-order valence-electron chi connectivity index (χ1n) is 7.90. The fourth-order valence-corrected chi connectivity index (χ4v) is 2.84. The monoisotopic (exact) mass is 322 g/mol. The second-order valence-corrected chi connectivity index (χ2v) is 5.69. The molecule has 1 N–H and O–H groups in total. The maximum absolute atomic E-state index is 12.3. The Bertz CT molecular complexity index is 771. The van der Waals surface area contributed by atoms with E-state index >= 15 is 0 Å². The van der Waals surface area contributed by atoms with Crippen molar-refractivity contribution < 1.29 is 14.4 Å². The standard InChI is InChI=1S/C19H18N2O3/c22-13-21-11-9-15-12-16(6-7-17(15)21)18(23)8-10-20-19(24)14-4-2-1-3-5-14/h1-7,12-13H,8-11H2,(H,20,24). The molecular formula is C19H18N2O3. The largest absolute Gasteiger partial charge is 0.352 e. The van der Waals surface area contributed by atoms with Crippen molar-refractivity contribution in [1.82, 2.24) is 5.32 Å². The van der Waals surface area contributed by atoms with E-state index in [2.05, 4.69) is 5.32 Å². The van der Waals surface area contributed by atoms with Crippen molar-refractivity contribution in [3.05, 3.63) is 65.2 Å². The number of Topliss-reactive ketones (excluding diaryl/α,β-unsaturated/α-hetero) is 1. The Morgan fingerprint density at radius 1 is 1.08 bits per heavy atom. The SMILES string of the molecule is O=CN1CCc2cc(C(=O)CCNC(=O)c3ccccc3)ccc21. The summed E-state index contributed by atoms with van der Waals surface area (Å²) in [5, 5.41) is 2.75. The molecule has 1 aliphatic rings. The lowest BCUT2D eigenvalue weighted by Gasteiger charge is -2.10. The van der Waals surface area contributed by atoms with E-state index in [1.807, 2.05) is 18.2 Å². The molecule has 0 radical (unpaired) electrons. The van der Waals surface area contributed by atoms with E-state index in [9.17, 15) is 14.4 Å². The number of nitrogens with zero attached hydrogens (tertiary/aromatic N) is 1. The lowest BCUT2D eigenvalue weighted by atomic mass is 10.0. The molecule has 0 unspecified atom stereocenters. The van der Waals surface area contributed by atoms with Crippen LogP contribution in [0.5, 0.6) is 0 Å². The molecule has 0 saturated carbocycles. The molecule has 5 nitrogen and oxygen atoms in total. The summed E-state index contributed by atoms with van der Waals surface area (Å²) in [7, 11) is 0. The van der Waals surface area contributed by atoms with Crippen LogP contribution in [-0.2, 0) is 11.2 Å². The Kier molecular flexibility index (Phi) is 4.70. The molecule has 2 amide bonds. The third-order valence-electron chi connectivity index (χ3n) is 4.13. The average molecular weight is 322 g/mol. The number of carbonyl (C=O) groups is 3. The van der Waals surface area contributed by atoms with E-state index in [1.165, 1.54) is 0 Å². The Morgan fingerprint density at radius 3 is 2.62 bits per heavy atom. The summed E-state index contributed by atoms with van der Waals surface area (Å²) in [5.74, 6) is -0.199. The van der Waals surface area contributed by atoms with Gasteiger partial charge in [-0.2, -0.15) is 0 Å². The van der Waals surface area contributed by atoms with Crippen LogP contribution in [0.2, 0.25) is 0 Å². The number of ketones is 1. The van der Waals surface area contributed by atoms with Crippen molar-refractivity contribution in [2.24, 2.45) is 0 Å². The number of benzene rings is 2.